The molecule has 1 spiro atoms. The van der Waals surface area contributed by atoms with Crippen molar-refractivity contribution >= 4 is 60.8 Å². The van der Waals surface area contributed by atoms with Crippen LogP contribution in [-0.2, 0) is 10.8 Å². The van der Waals surface area contributed by atoms with Gasteiger partial charge in [0.1, 0.15) is 11.2 Å². The summed E-state index contributed by atoms with van der Waals surface area (Å²) in [5, 5.41) is 4.84. The van der Waals surface area contributed by atoms with E-state index in [2.05, 4.69) is 260 Å². The molecular formula is C70H46N2O. The SMILES string of the molecule is CC1(C)c2ccccc2-c2ccc(N(c3ccc(-c4cccc5c4-c4ccccc4C54c5ccccc5-n5c6ccccc6c6cccc4c65)cc3)c3ccc(-c4cccc5c4oc4ccccc45)cc3)cc21. The van der Waals surface area contributed by atoms with Gasteiger partial charge in [0.2, 0.25) is 0 Å². The smallest absolute Gasteiger partial charge is 0.143 e. The van der Waals surface area contributed by atoms with Crippen LogP contribution in [0.5, 0.6) is 0 Å². The Kier molecular flexibility index (Phi) is 8.16. The number of rotatable bonds is 5. The van der Waals surface area contributed by atoms with E-state index in [1.807, 2.05) is 6.07 Å². The van der Waals surface area contributed by atoms with Crippen LogP contribution < -0.4 is 4.90 Å². The molecule has 0 radical (unpaired) electrons. The maximum atomic E-state index is 6.51. The summed E-state index contributed by atoms with van der Waals surface area (Å²) in [5.74, 6) is 0. The molecule has 1 atom stereocenters. The minimum atomic E-state index is -0.512. The van der Waals surface area contributed by atoms with Crippen LogP contribution in [0.1, 0.15) is 47.2 Å². The van der Waals surface area contributed by atoms with Gasteiger partial charge in [0.15, 0.2) is 0 Å². The molecule has 0 N–H and O–H groups in total. The van der Waals surface area contributed by atoms with Crippen molar-refractivity contribution in [1.29, 1.82) is 0 Å². The molecule has 342 valence electrons. The van der Waals surface area contributed by atoms with Gasteiger partial charge in [-0.1, -0.05) is 202 Å². The highest BCUT2D eigenvalue weighted by molar-refractivity contribution is 6.13. The molecule has 73 heavy (non-hydrogen) atoms. The van der Waals surface area contributed by atoms with Crippen molar-refractivity contribution in [2.75, 3.05) is 4.90 Å². The molecule has 1 unspecified atom stereocenters. The molecule has 0 bridgehead atoms. The van der Waals surface area contributed by atoms with Gasteiger partial charge in [-0.2, -0.15) is 0 Å². The van der Waals surface area contributed by atoms with Crippen LogP contribution in [0.2, 0.25) is 0 Å². The Hall–Kier alpha value is -9.18. The molecule has 3 heteroatoms. The number of nitrogens with zero attached hydrogens (tertiary/aromatic N) is 2. The summed E-state index contributed by atoms with van der Waals surface area (Å²) in [4.78, 5) is 2.42. The number of hydrogen-bond acceptors (Lipinski definition) is 2. The number of benzene rings is 11. The van der Waals surface area contributed by atoms with Crippen LogP contribution in [0.25, 0.3) is 93.9 Å². The van der Waals surface area contributed by atoms with Gasteiger partial charge in [-0.3, -0.25) is 0 Å². The highest BCUT2D eigenvalue weighted by Crippen LogP contribution is 2.62. The number of anilines is 3. The van der Waals surface area contributed by atoms with Gasteiger partial charge in [0, 0.05) is 49.6 Å². The second-order valence-corrected chi connectivity index (χ2v) is 20.7. The van der Waals surface area contributed by atoms with Crippen LogP contribution in [0.4, 0.5) is 17.1 Å². The Balaban J connectivity index is 0.858. The molecule has 3 heterocycles. The zero-order chi connectivity index (χ0) is 48.2. The normalized spacial score (nSPS) is 15.4. The first kappa shape index (κ1) is 40.5. The lowest BCUT2D eigenvalue weighted by Gasteiger charge is -2.39. The maximum absolute atomic E-state index is 6.51. The molecule has 0 amide bonds. The predicted molar refractivity (Wildman–Crippen MR) is 302 cm³/mol. The van der Waals surface area contributed by atoms with Crippen molar-refractivity contribution in [3.63, 3.8) is 0 Å². The third-order valence-electron chi connectivity index (χ3n) is 16.8. The predicted octanol–water partition coefficient (Wildman–Crippen LogP) is 18.5. The van der Waals surface area contributed by atoms with Gasteiger partial charge < -0.3 is 13.9 Å². The first-order chi connectivity index (χ1) is 36.0. The number of furan rings is 1. The molecule has 3 aliphatic rings. The molecular weight excluding hydrogens is 885 g/mol. The molecule has 13 aromatic rings. The Morgan fingerprint density at radius 3 is 1.74 bits per heavy atom. The van der Waals surface area contributed by atoms with E-state index in [0.29, 0.717) is 0 Å². The van der Waals surface area contributed by atoms with Crippen molar-refractivity contribution in [1.82, 2.24) is 4.57 Å². The number of hydrogen-bond donors (Lipinski definition) is 0. The second kappa shape index (κ2) is 14.7. The van der Waals surface area contributed by atoms with Gasteiger partial charge in [-0.05, 0) is 127 Å². The van der Waals surface area contributed by atoms with E-state index in [1.165, 1.54) is 94.3 Å². The monoisotopic (exact) mass is 930 g/mol. The quantitative estimate of drug-likeness (QED) is 0.171. The first-order valence-electron chi connectivity index (χ1n) is 25.5. The van der Waals surface area contributed by atoms with Gasteiger partial charge in [0.05, 0.1) is 22.1 Å². The molecule has 2 aromatic heterocycles. The van der Waals surface area contributed by atoms with Crippen LogP contribution >= 0.6 is 0 Å². The summed E-state index contributed by atoms with van der Waals surface area (Å²) >= 11 is 0. The first-order valence-corrected chi connectivity index (χ1v) is 25.5. The lowest BCUT2D eigenvalue weighted by molar-refractivity contribution is 0.660. The molecule has 11 aromatic carbocycles. The van der Waals surface area contributed by atoms with Crippen molar-refractivity contribution in [2.24, 2.45) is 0 Å². The fraction of sp³-hybridized carbons (Fsp3) is 0.0571. The van der Waals surface area contributed by atoms with E-state index in [9.17, 15) is 0 Å². The largest absolute Gasteiger partial charge is 0.455 e. The third-order valence-corrected chi connectivity index (χ3v) is 16.8. The molecule has 3 nitrogen and oxygen atoms in total. The summed E-state index contributed by atoms with van der Waals surface area (Å²) in [6.07, 6.45) is 0. The van der Waals surface area contributed by atoms with E-state index in [-0.39, 0.29) is 5.41 Å². The molecule has 0 saturated heterocycles. The highest BCUT2D eigenvalue weighted by Gasteiger charge is 2.51. The van der Waals surface area contributed by atoms with Crippen molar-refractivity contribution in [3.8, 4) is 50.2 Å². The highest BCUT2D eigenvalue weighted by atomic mass is 16.3. The Bertz CT molecular complexity index is 4470. The van der Waals surface area contributed by atoms with E-state index < -0.39 is 5.41 Å². The van der Waals surface area contributed by atoms with Crippen LogP contribution in [0.3, 0.4) is 0 Å². The average molecular weight is 931 g/mol. The molecule has 0 saturated carbocycles. The summed E-state index contributed by atoms with van der Waals surface area (Å²) in [6.45, 7) is 4.72. The maximum Gasteiger partial charge on any atom is 0.143 e. The average Bonchev–Trinajstić information content (AvgIpc) is 4.16. The van der Waals surface area contributed by atoms with Gasteiger partial charge in [-0.15, -0.1) is 0 Å². The number of aromatic nitrogens is 1. The van der Waals surface area contributed by atoms with E-state index in [0.717, 1.165) is 50.1 Å². The summed E-state index contributed by atoms with van der Waals surface area (Å²) in [5.41, 5.74) is 26.1. The summed E-state index contributed by atoms with van der Waals surface area (Å²) in [6, 6.07) is 90.2. The fourth-order valence-corrected chi connectivity index (χ4v) is 13.7. The minimum Gasteiger partial charge on any atom is -0.455 e. The fourth-order valence-electron chi connectivity index (χ4n) is 13.7. The Labute approximate surface area is 423 Å². The van der Waals surface area contributed by atoms with Crippen molar-refractivity contribution < 1.29 is 4.42 Å². The minimum absolute atomic E-state index is 0.144. The Morgan fingerprint density at radius 1 is 0.370 bits per heavy atom. The standard InChI is InChI=1S/C70H46N2O/c1-69(2)57-24-7-3-16-50(57)51-41-40-47(42-62(51)69)71(46-38-34-44(35-39-46)49-21-13-23-55-53-18-6-12-31-65(53)73-68(49)55)45-36-32-43(33-37-45)48-20-14-27-60-66(48)56-19-4-8-25-58(56)70(60)59-26-9-11-30-64(59)72-63-29-10-5-17-52(63)54-22-15-28-61(70)67(54)72/h3-42H,1-2H3. The molecule has 2 aliphatic carbocycles. The van der Waals surface area contributed by atoms with E-state index >= 15 is 0 Å². The molecule has 0 fully saturated rings. The van der Waals surface area contributed by atoms with Gasteiger partial charge in [-0.25, -0.2) is 0 Å². The van der Waals surface area contributed by atoms with Crippen LogP contribution in [0.15, 0.2) is 247 Å². The van der Waals surface area contributed by atoms with Gasteiger partial charge >= 0.3 is 0 Å². The lowest BCUT2D eigenvalue weighted by atomic mass is 9.65. The topological polar surface area (TPSA) is 21.3 Å². The Morgan fingerprint density at radius 2 is 0.918 bits per heavy atom. The number of para-hydroxylation sites is 5. The van der Waals surface area contributed by atoms with Crippen LogP contribution in [0, 0.1) is 0 Å². The van der Waals surface area contributed by atoms with Crippen molar-refractivity contribution in [3.05, 3.63) is 276 Å². The zero-order valence-corrected chi connectivity index (χ0v) is 40.4. The van der Waals surface area contributed by atoms with E-state index in [1.54, 1.807) is 0 Å². The lowest BCUT2D eigenvalue weighted by Crippen LogP contribution is -2.33. The van der Waals surface area contributed by atoms with Crippen molar-refractivity contribution in [2.45, 2.75) is 24.7 Å². The van der Waals surface area contributed by atoms with Gasteiger partial charge in [0.25, 0.3) is 0 Å². The zero-order valence-electron chi connectivity index (χ0n) is 40.4. The molecule has 1 aliphatic heterocycles. The van der Waals surface area contributed by atoms with Crippen LogP contribution in [-0.4, -0.2) is 4.57 Å². The number of fused-ring (bicyclic) bond motifs is 18. The third kappa shape index (κ3) is 5.33. The van der Waals surface area contributed by atoms with E-state index in [4.69, 9.17) is 4.42 Å². The summed E-state index contributed by atoms with van der Waals surface area (Å²) in [7, 11) is 0. The molecule has 16 rings (SSSR count). The summed E-state index contributed by atoms with van der Waals surface area (Å²) < 4.78 is 9.03. The second-order valence-electron chi connectivity index (χ2n) is 20.7.